The van der Waals surface area contributed by atoms with Gasteiger partial charge in [0, 0.05) is 5.92 Å². The molecule has 92 valence electrons. The molecule has 1 aromatic heterocycles. The topological polar surface area (TPSA) is 70.7 Å². The molecule has 1 saturated carbocycles. The van der Waals surface area contributed by atoms with Crippen LogP contribution in [-0.4, -0.2) is 21.1 Å². The van der Waals surface area contributed by atoms with Gasteiger partial charge in [-0.25, -0.2) is 9.37 Å². The highest BCUT2D eigenvalue weighted by Gasteiger charge is 2.30. The Kier molecular flexibility index (Phi) is 2.55. The molecule has 2 aromatic rings. The van der Waals surface area contributed by atoms with E-state index in [0.29, 0.717) is 11.5 Å². The van der Waals surface area contributed by atoms with Gasteiger partial charge in [0.15, 0.2) is 5.82 Å². The van der Waals surface area contributed by atoms with E-state index in [2.05, 4.69) is 20.5 Å². The monoisotopic (exact) mass is 246 g/mol. The Labute approximate surface area is 102 Å². The number of hydrogen-bond acceptors (Lipinski definition) is 3. The summed E-state index contributed by atoms with van der Waals surface area (Å²) in [5, 5.41) is 9.03. The molecule has 5 nitrogen and oxygen atoms in total. The normalized spacial score (nSPS) is 14.5. The molecule has 1 aliphatic rings. The van der Waals surface area contributed by atoms with Crippen molar-refractivity contribution < 1.29 is 9.18 Å². The second-order valence-corrected chi connectivity index (χ2v) is 4.26. The Bertz CT molecular complexity index is 578. The van der Waals surface area contributed by atoms with Gasteiger partial charge in [-0.15, -0.1) is 0 Å². The zero-order valence-electron chi connectivity index (χ0n) is 9.48. The van der Waals surface area contributed by atoms with Gasteiger partial charge in [-0.05, 0) is 25.0 Å². The zero-order valence-corrected chi connectivity index (χ0v) is 9.48. The van der Waals surface area contributed by atoms with Crippen LogP contribution in [0.4, 0.5) is 10.1 Å². The molecule has 2 N–H and O–H groups in total. The van der Waals surface area contributed by atoms with Crippen molar-refractivity contribution in [3.8, 4) is 11.4 Å². The van der Waals surface area contributed by atoms with Crippen molar-refractivity contribution in [2.24, 2.45) is 5.92 Å². The van der Waals surface area contributed by atoms with E-state index in [0.717, 1.165) is 12.8 Å². The van der Waals surface area contributed by atoms with Crippen LogP contribution < -0.4 is 5.32 Å². The first-order valence-corrected chi connectivity index (χ1v) is 5.71. The minimum absolute atomic E-state index is 0.0656. The Morgan fingerprint density at radius 3 is 2.94 bits per heavy atom. The predicted octanol–water partition coefficient (Wildman–Crippen LogP) is 1.96. The molecule has 0 radical (unpaired) electrons. The van der Waals surface area contributed by atoms with E-state index < -0.39 is 5.82 Å². The van der Waals surface area contributed by atoms with Crippen molar-refractivity contribution >= 4 is 11.6 Å². The second-order valence-electron chi connectivity index (χ2n) is 4.26. The van der Waals surface area contributed by atoms with E-state index in [1.807, 2.05) is 0 Å². The Morgan fingerprint density at radius 1 is 1.44 bits per heavy atom. The smallest absolute Gasteiger partial charge is 0.227 e. The summed E-state index contributed by atoms with van der Waals surface area (Å²) in [7, 11) is 0. The number of benzene rings is 1. The summed E-state index contributed by atoms with van der Waals surface area (Å²) in [5.41, 5.74) is 0.660. The Morgan fingerprint density at radius 2 is 2.28 bits per heavy atom. The number of rotatable bonds is 3. The summed E-state index contributed by atoms with van der Waals surface area (Å²) < 4.78 is 13.8. The number of aromatic amines is 1. The summed E-state index contributed by atoms with van der Waals surface area (Å²) in [5.74, 6) is -0.142. The number of amides is 1. The predicted molar refractivity (Wildman–Crippen MR) is 63.1 cm³/mol. The van der Waals surface area contributed by atoms with Crippen LogP contribution >= 0.6 is 0 Å². The molecular weight excluding hydrogens is 235 g/mol. The molecule has 3 rings (SSSR count). The van der Waals surface area contributed by atoms with Gasteiger partial charge >= 0.3 is 0 Å². The molecule has 1 aliphatic carbocycles. The molecular formula is C12H11FN4O. The van der Waals surface area contributed by atoms with E-state index in [-0.39, 0.29) is 17.4 Å². The van der Waals surface area contributed by atoms with Gasteiger partial charge in [0.1, 0.15) is 12.1 Å². The minimum Gasteiger partial charge on any atom is -0.325 e. The molecule has 6 heteroatoms. The maximum atomic E-state index is 13.8. The molecule has 0 atom stereocenters. The maximum absolute atomic E-state index is 13.8. The van der Waals surface area contributed by atoms with Crippen LogP contribution in [0.2, 0.25) is 0 Å². The molecule has 18 heavy (non-hydrogen) atoms. The lowest BCUT2D eigenvalue weighted by molar-refractivity contribution is -0.117. The standard InChI is InChI=1S/C12H11FN4O/c13-8-2-1-3-9(16-12(18)7-4-5-7)10(8)11-14-6-15-17-11/h1-3,6-7H,4-5H2,(H,16,18)(H,14,15,17). The van der Waals surface area contributed by atoms with Crippen LogP contribution in [0.3, 0.4) is 0 Å². The largest absolute Gasteiger partial charge is 0.325 e. The number of nitrogens with zero attached hydrogens (tertiary/aromatic N) is 2. The zero-order chi connectivity index (χ0) is 12.5. The fourth-order valence-corrected chi connectivity index (χ4v) is 1.78. The van der Waals surface area contributed by atoms with Gasteiger partial charge in [0.2, 0.25) is 5.91 Å². The second kappa shape index (κ2) is 4.21. The molecule has 1 heterocycles. The van der Waals surface area contributed by atoms with Crippen LogP contribution in [-0.2, 0) is 4.79 Å². The molecule has 0 aliphatic heterocycles. The molecule has 1 amide bonds. The number of nitrogens with one attached hydrogen (secondary N) is 2. The van der Waals surface area contributed by atoms with E-state index in [1.165, 1.54) is 12.4 Å². The van der Waals surface area contributed by atoms with Crippen LogP contribution in [0.5, 0.6) is 0 Å². The third kappa shape index (κ3) is 1.97. The molecule has 1 fully saturated rings. The number of anilines is 1. The third-order valence-corrected chi connectivity index (χ3v) is 2.87. The van der Waals surface area contributed by atoms with Gasteiger partial charge in [0.25, 0.3) is 0 Å². The highest BCUT2D eigenvalue weighted by molar-refractivity contribution is 5.97. The van der Waals surface area contributed by atoms with Crippen molar-refractivity contribution in [1.29, 1.82) is 0 Å². The molecule has 0 saturated heterocycles. The summed E-state index contributed by atoms with van der Waals surface area (Å²) in [6, 6.07) is 4.53. The van der Waals surface area contributed by atoms with Crippen molar-refractivity contribution in [3.63, 3.8) is 0 Å². The lowest BCUT2D eigenvalue weighted by Crippen LogP contribution is -2.14. The average Bonchev–Trinajstić information content (AvgIpc) is 3.07. The highest BCUT2D eigenvalue weighted by atomic mass is 19.1. The number of carbonyl (C=O) groups excluding carboxylic acids is 1. The van der Waals surface area contributed by atoms with Crippen molar-refractivity contribution in [2.75, 3.05) is 5.32 Å². The summed E-state index contributed by atoms with van der Waals surface area (Å²) in [6.45, 7) is 0. The van der Waals surface area contributed by atoms with E-state index >= 15 is 0 Å². The molecule has 0 bridgehead atoms. The first-order chi connectivity index (χ1) is 8.75. The highest BCUT2D eigenvalue weighted by Crippen LogP contribution is 2.33. The Balaban J connectivity index is 1.98. The molecule has 0 unspecified atom stereocenters. The van der Waals surface area contributed by atoms with Crippen molar-refractivity contribution in [1.82, 2.24) is 15.2 Å². The Hall–Kier alpha value is -2.24. The van der Waals surface area contributed by atoms with Gasteiger partial charge in [-0.3, -0.25) is 9.89 Å². The minimum atomic E-state index is -0.444. The summed E-state index contributed by atoms with van der Waals surface area (Å²) in [4.78, 5) is 15.6. The fourth-order valence-electron chi connectivity index (χ4n) is 1.78. The first kappa shape index (κ1) is 10.9. The van der Waals surface area contributed by atoms with E-state index in [1.54, 1.807) is 12.1 Å². The van der Waals surface area contributed by atoms with Gasteiger partial charge in [-0.1, -0.05) is 6.07 Å². The van der Waals surface area contributed by atoms with Gasteiger partial charge < -0.3 is 5.32 Å². The van der Waals surface area contributed by atoms with Crippen LogP contribution in [0, 0.1) is 11.7 Å². The number of carbonyl (C=O) groups is 1. The fraction of sp³-hybridized carbons (Fsp3) is 0.250. The molecule has 1 aromatic carbocycles. The van der Waals surface area contributed by atoms with Crippen molar-refractivity contribution in [3.05, 3.63) is 30.3 Å². The summed E-state index contributed by atoms with van der Waals surface area (Å²) in [6.07, 6.45) is 3.10. The number of hydrogen-bond donors (Lipinski definition) is 2. The van der Waals surface area contributed by atoms with Crippen LogP contribution in [0.25, 0.3) is 11.4 Å². The third-order valence-electron chi connectivity index (χ3n) is 2.87. The van der Waals surface area contributed by atoms with E-state index in [9.17, 15) is 9.18 Å². The average molecular weight is 246 g/mol. The van der Waals surface area contributed by atoms with Gasteiger partial charge in [-0.2, -0.15) is 5.10 Å². The maximum Gasteiger partial charge on any atom is 0.227 e. The van der Waals surface area contributed by atoms with Crippen LogP contribution in [0.1, 0.15) is 12.8 Å². The lowest BCUT2D eigenvalue weighted by Gasteiger charge is -2.09. The number of aromatic nitrogens is 3. The number of H-pyrrole nitrogens is 1. The van der Waals surface area contributed by atoms with Gasteiger partial charge in [0.05, 0.1) is 11.3 Å². The first-order valence-electron chi connectivity index (χ1n) is 5.71. The lowest BCUT2D eigenvalue weighted by atomic mass is 10.1. The quantitative estimate of drug-likeness (QED) is 0.869. The summed E-state index contributed by atoms with van der Waals surface area (Å²) >= 11 is 0. The van der Waals surface area contributed by atoms with E-state index in [4.69, 9.17) is 0 Å². The molecule has 0 spiro atoms. The van der Waals surface area contributed by atoms with Crippen LogP contribution in [0.15, 0.2) is 24.5 Å². The van der Waals surface area contributed by atoms with Crippen molar-refractivity contribution in [2.45, 2.75) is 12.8 Å². The number of halogens is 1. The SMILES string of the molecule is O=C(Nc1cccc(F)c1-c1ncn[nH]1)C1CC1.